The van der Waals surface area contributed by atoms with E-state index in [2.05, 4.69) is 10.2 Å². The average Bonchev–Trinajstić information content (AvgIpc) is 2.60. The van der Waals surface area contributed by atoms with E-state index in [1.54, 1.807) is 18.2 Å². The lowest BCUT2D eigenvalue weighted by atomic mass is 10.1. The minimum Gasteiger partial charge on any atom is -0.396 e. The van der Waals surface area contributed by atoms with Crippen LogP contribution in [0.2, 0.25) is 0 Å². The zero-order valence-electron chi connectivity index (χ0n) is 13.1. The summed E-state index contributed by atoms with van der Waals surface area (Å²) >= 11 is 0. The molecule has 0 radical (unpaired) electrons. The summed E-state index contributed by atoms with van der Waals surface area (Å²) < 4.78 is 32.8. The summed E-state index contributed by atoms with van der Waals surface area (Å²) in [5, 5.41) is 19.2. The van der Waals surface area contributed by atoms with Crippen molar-refractivity contribution in [2.24, 2.45) is 10.2 Å². The molecule has 3 rings (SSSR count). The highest BCUT2D eigenvalue weighted by atomic mass is 32.2. The minimum atomic E-state index is -4.50. The number of hydrogen-bond acceptors (Lipinski definition) is 7. The van der Waals surface area contributed by atoms with Gasteiger partial charge in [0, 0.05) is 22.9 Å². The van der Waals surface area contributed by atoms with Crippen molar-refractivity contribution in [1.29, 1.82) is 0 Å². The van der Waals surface area contributed by atoms with Gasteiger partial charge in [0.1, 0.15) is 10.6 Å². The van der Waals surface area contributed by atoms with E-state index in [0.717, 1.165) is 6.07 Å². The minimum absolute atomic E-state index is 0.0506. The molecular formula is C16H12N4O5S. The van der Waals surface area contributed by atoms with Gasteiger partial charge in [0.2, 0.25) is 0 Å². The van der Waals surface area contributed by atoms with Crippen LogP contribution in [0.25, 0.3) is 10.8 Å². The van der Waals surface area contributed by atoms with Crippen molar-refractivity contribution < 1.29 is 17.9 Å². The molecule has 26 heavy (non-hydrogen) atoms. The molecule has 0 bridgehead atoms. The Labute approximate surface area is 147 Å². The van der Waals surface area contributed by atoms with Crippen LogP contribution >= 0.6 is 0 Å². The van der Waals surface area contributed by atoms with Gasteiger partial charge < -0.3 is 5.73 Å². The molecule has 132 valence electrons. The fourth-order valence-corrected chi connectivity index (χ4v) is 3.12. The molecule has 0 fully saturated rings. The van der Waals surface area contributed by atoms with Gasteiger partial charge in [-0.2, -0.15) is 13.5 Å². The Bertz CT molecular complexity index is 1140. The molecule has 3 aromatic rings. The molecule has 0 aliphatic rings. The molecule has 0 heterocycles. The highest BCUT2D eigenvalue weighted by Crippen LogP contribution is 2.36. The highest BCUT2D eigenvalue weighted by molar-refractivity contribution is 7.86. The molecule has 0 aromatic heterocycles. The van der Waals surface area contributed by atoms with Crippen LogP contribution in [-0.4, -0.2) is 17.9 Å². The normalized spacial score (nSPS) is 11.9. The molecule has 0 aliphatic carbocycles. The Kier molecular flexibility index (Phi) is 4.36. The Morgan fingerprint density at radius 3 is 2.19 bits per heavy atom. The van der Waals surface area contributed by atoms with Gasteiger partial charge in [0.15, 0.2) is 0 Å². The quantitative estimate of drug-likeness (QED) is 0.232. The van der Waals surface area contributed by atoms with E-state index < -0.39 is 15.0 Å². The van der Waals surface area contributed by atoms with Crippen LogP contribution in [0.1, 0.15) is 0 Å². The van der Waals surface area contributed by atoms with Gasteiger partial charge in [0.05, 0.1) is 16.3 Å². The first-order valence-electron chi connectivity index (χ1n) is 7.22. The van der Waals surface area contributed by atoms with E-state index in [-0.39, 0.29) is 27.3 Å². The maximum Gasteiger partial charge on any atom is 0.295 e. The molecule has 0 unspecified atom stereocenters. The van der Waals surface area contributed by atoms with Crippen LogP contribution < -0.4 is 5.73 Å². The fraction of sp³-hybridized carbons (Fsp3) is 0. The Morgan fingerprint density at radius 2 is 1.62 bits per heavy atom. The van der Waals surface area contributed by atoms with Crippen LogP contribution in [0.3, 0.4) is 0 Å². The van der Waals surface area contributed by atoms with E-state index in [4.69, 9.17) is 5.73 Å². The van der Waals surface area contributed by atoms with Crippen molar-refractivity contribution >= 4 is 43.6 Å². The van der Waals surface area contributed by atoms with Gasteiger partial charge in [-0.05, 0) is 18.2 Å². The number of hydrogen-bond donors (Lipinski definition) is 2. The summed E-state index contributed by atoms with van der Waals surface area (Å²) in [6, 6.07) is 12.9. The standard InChI is InChI=1S/C16H12N4O5S/c17-16-13-4-2-1-3-12(13)15(26(23,24)25)9-14(16)19-18-10-5-7-11(8-6-10)20(21)22/h1-9H,17H2,(H,23,24,25)/b19-18+. The first-order chi connectivity index (χ1) is 12.3. The average molecular weight is 372 g/mol. The number of nitrogens with two attached hydrogens (primary N) is 1. The van der Waals surface area contributed by atoms with E-state index in [0.29, 0.717) is 11.1 Å². The zero-order chi connectivity index (χ0) is 18.9. The van der Waals surface area contributed by atoms with Crippen LogP contribution in [0.15, 0.2) is 69.7 Å². The molecule has 9 nitrogen and oxygen atoms in total. The second-order valence-corrected chi connectivity index (χ2v) is 6.69. The van der Waals surface area contributed by atoms with Crippen LogP contribution in [0, 0.1) is 10.1 Å². The van der Waals surface area contributed by atoms with Crippen molar-refractivity contribution in [1.82, 2.24) is 0 Å². The van der Waals surface area contributed by atoms with Gasteiger partial charge in [-0.1, -0.05) is 24.3 Å². The molecule has 0 saturated carbocycles. The number of azo groups is 1. The second-order valence-electron chi connectivity index (χ2n) is 5.30. The summed E-state index contributed by atoms with van der Waals surface area (Å²) in [6.07, 6.45) is 0. The smallest absolute Gasteiger partial charge is 0.295 e. The lowest BCUT2D eigenvalue weighted by molar-refractivity contribution is -0.384. The summed E-state index contributed by atoms with van der Waals surface area (Å²) in [7, 11) is -4.50. The Balaban J connectivity index is 2.10. The molecular weight excluding hydrogens is 360 g/mol. The molecule has 3 aromatic carbocycles. The van der Waals surface area contributed by atoms with E-state index in [1.807, 2.05) is 0 Å². The fourth-order valence-electron chi connectivity index (χ4n) is 2.40. The highest BCUT2D eigenvalue weighted by Gasteiger charge is 2.18. The number of nitrogens with zero attached hydrogens (tertiary/aromatic N) is 3. The second kappa shape index (κ2) is 6.50. The molecule has 0 amide bonds. The summed E-state index contributed by atoms with van der Waals surface area (Å²) in [5.74, 6) is 0. The van der Waals surface area contributed by atoms with Crippen LogP contribution in [0.4, 0.5) is 22.7 Å². The van der Waals surface area contributed by atoms with E-state index in [9.17, 15) is 23.1 Å². The third-order valence-electron chi connectivity index (χ3n) is 3.64. The number of benzene rings is 3. The molecule has 10 heteroatoms. The monoisotopic (exact) mass is 372 g/mol. The summed E-state index contributed by atoms with van der Waals surface area (Å²) in [6.45, 7) is 0. The third-order valence-corrected chi connectivity index (χ3v) is 4.53. The zero-order valence-corrected chi connectivity index (χ0v) is 13.9. The summed E-state index contributed by atoms with van der Waals surface area (Å²) in [5.41, 5.74) is 6.51. The summed E-state index contributed by atoms with van der Waals surface area (Å²) in [4.78, 5) is 9.77. The van der Waals surface area contributed by atoms with Gasteiger partial charge >= 0.3 is 0 Å². The lowest BCUT2D eigenvalue weighted by Crippen LogP contribution is -2.01. The number of nitrogen functional groups attached to an aromatic ring is 1. The maximum atomic E-state index is 11.7. The van der Waals surface area contributed by atoms with E-state index in [1.165, 1.54) is 30.3 Å². The predicted octanol–water partition coefficient (Wildman–Crippen LogP) is 3.99. The molecule has 0 aliphatic heterocycles. The number of fused-ring (bicyclic) bond motifs is 1. The number of nitro benzene ring substituents is 1. The first kappa shape index (κ1) is 17.5. The predicted molar refractivity (Wildman–Crippen MR) is 95.4 cm³/mol. The number of nitro groups is 1. The van der Waals surface area contributed by atoms with Crippen molar-refractivity contribution in [3.8, 4) is 0 Å². The third kappa shape index (κ3) is 3.36. The van der Waals surface area contributed by atoms with Gasteiger partial charge in [0.25, 0.3) is 15.8 Å². The van der Waals surface area contributed by atoms with Crippen molar-refractivity contribution in [3.05, 3.63) is 64.7 Å². The van der Waals surface area contributed by atoms with Crippen molar-refractivity contribution in [2.45, 2.75) is 4.90 Å². The molecule has 0 atom stereocenters. The lowest BCUT2D eigenvalue weighted by Gasteiger charge is -2.09. The first-order valence-corrected chi connectivity index (χ1v) is 8.66. The van der Waals surface area contributed by atoms with E-state index >= 15 is 0 Å². The van der Waals surface area contributed by atoms with Crippen LogP contribution in [0.5, 0.6) is 0 Å². The maximum absolute atomic E-state index is 11.7. The number of rotatable bonds is 4. The topological polar surface area (TPSA) is 148 Å². The number of non-ortho nitro benzene ring substituents is 1. The molecule has 3 N–H and O–H groups in total. The van der Waals surface area contributed by atoms with Gasteiger partial charge in [-0.3, -0.25) is 14.7 Å². The van der Waals surface area contributed by atoms with Crippen molar-refractivity contribution in [2.75, 3.05) is 5.73 Å². The molecule has 0 saturated heterocycles. The van der Waals surface area contributed by atoms with Gasteiger partial charge in [-0.25, -0.2) is 0 Å². The van der Waals surface area contributed by atoms with Crippen LogP contribution in [-0.2, 0) is 10.1 Å². The molecule has 0 spiro atoms. The SMILES string of the molecule is Nc1c(/N=N/c2ccc([N+](=O)[O-])cc2)cc(S(=O)(=O)O)c2ccccc12. The van der Waals surface area contributed by atoms with Gasteiger partial charge in [-0.15, -0.1) is 5.11 Å². The Hall–Kier alpha value is -3.37. The van der Waals surface area contributed by atoms with Crippen molar-refractivity contribution in [3.63, 3.8) is 0 Å². The Morgan fingerprint density at radius 1 is 1.00 bits per heavy atom. The number of anilines is 1. The largest absolute Gasteiger partial charge is 0.396 e.